The molecule has 0 atom stereocenters. The van der Waals surface area contributed by atoms with E-state index < -0.39 is 46.0 Å². The third kappa shape index (κ3) is 5.83. The summed E-state index contributed by atoms with van der Waals surface area (Å²) in [6.07, 6.45) is -4.10. The molecule has 1 aliphatic rings. The van der Waals surface area contributed by atoms with Crippen molar-refractivity contribution in [3.8, 4) is 11.5 Å². The summed E-state index contributed by atoms with van der Waals surface area (Å²) in [4.78, 5) is 25.5. The minimum atomic E-state index is -4.73. The lowest BCUT2D eigenvalue weighted by Crippen LogP contribution is -2.47. The topological polar surface area (TPSA) is 119 Å². The van der Waals surface area contributed by atoms with Crippen LogP contribution in [0.5, 0.6) is 11.5 Å². The molecule has 2 aromatic rings. The first kappa shape index (κ1) is 27.1. The fourth-order valence-corrected chi connectivity index (χ4v) is 5.31. The first-order valence-electron chi connectivity index (χ1n) is 10.9. The van der Waals surface area contributed by atoms with Crippen LogP contribution in [-0.2, 0) is 25.8 Å². The van der Waals surface area contributed by atoms with Gasteiger partial charge in [0.15, 0.2) is 11.5 Å². The van der Waals surface area contributed by atoms with Crippen molar-refractivity contribution in [3.63, 3.8) is 0 Å². The highest BCUT2D eigenvalue weighted by atomic mass is 32.2. The maximum absolute atomic E-state index is 13.6. The molecule has 0 radical (unpaired) electrons. The first-order chi connectivity index (χ1) is 16.9. The second-order valence-corrected chi connectivity index (χ2v) is 10.00. The number of amides is 2. The summed E-state index contributed by atoms with van der Waals surface area (Å²) >= 11 is 0. The van der Waals surface area contributed by atoms with E-state index in [0.717, 1.165) is 18.2 Å². The number of carbonyl (C=O) groups excluding carboxylic acids is 2. The Balaban J connectivity index is 2.01. The summed E-state index contributed by atoms with van der Waals surface area (Å²) < 4.78 is 78.3. The van der Waals surface area contributed by atoms with E-state index in [1.807, 2.05) is 0 Å². The van der Waals surface area contributed by atoms with Crippen LogP contribution in [0.4, 0.5) is 18.9 Å². The molecule has 2 aromatic carbocycles. The van der Waals surface area contributed by atoms with Crippen molar-refractivity contribution in [1.29, 1.82) is 0 Å². The molecule has 1 saturated heterocycles. The molecule has 2 N–H and O–H groups in total. The number of hydrogen-bond donors (Lipinski definition) is 1. The second-order valence-electron chi connectivity index (χ2n) is 8.13. The maximum atomic E-state index is 13.6. The molecule has 2 amide bonds. The normalized spacial score (nSPS) is 14.9. The number of nitrogens with zero attached hydrogens (tertiary/aromatic N) is 2. The monoisotopic (exact) mass is 529 g/mol. The Labute approximate surface area is 206 Å². The molecule has 0 aliphatic carbocycles. The molecule has 0 saturated carbocycles. The Morgan fingerprint density at radius 2 is 1.69 bits per heavy atom. The number of likely N-dealkylation sites (tertiary alicyclic amines) is 1. The van der Waals surface area contributed by atoms with Crippen LogP contribution in [0, 0.1) is 5.92 Å². The number of hydrogen-bond acceptors (Lipinski definition) is 6. The van der Waals surface area contributed by atoms with Crippen LogP contribution in [0.25, 0.3) is 0 Å². The van der Waals surface area contributed by atoms with Gasteiger partial charge in [-0.1, -0.05) is 6.07 Å². The number of ether oxygens (including phenoxy) is 2. The van der Waals surface area contributed by atoms with E-state index >= 15 is 0 Å². The van der Waals surface area contributed by atoms with E-state index in [4.69, 9.17) is 15.2 Å². The van der Waals surface area contributed by atoms with Crippen molar-refractivity contribution in [1.82, 2.24) is 4.90 Å². The van der Waals surface area contributed by atoms with Crippen LogP contribution in [0.2, 0.25) is 0 Å². The summed E-state index contributed by atoms with van der Waals surface area (Å²) in [7, 11) is -1.86. The summed E-state index contributed by atoms with van der Waals surface area (Å²) in [6.45, 7) is -0.419. The molecular formula is C23H26F3N3O6S. The zero-order chi connectivity index (χ0) is 26.7. The molecule has 9 nitrogen and oxygen atoms in total. The van der Waals surface area contributed by atoms with Crippen molar-refractivity contribution < 1.29 is 40.7 Å². The molecule has 1 fully saturated rings. The molecule has 13 heteroatoms. The van der Waals surface area contributed by atoms with E-state index in [-0.39, 0.29) is 35.2 Å². The number of halogens is 3. The SMILES string of the molecule is COc1ccc(S(=O)(=O)N(CC(=O)N2CCC(C(N)=O)CC2)c2cccc(C(F)(F)F)c2)cc1OC. The molecule has 196 valence electrons. The minimum absolute atomic E-state index is 0.0856. The van der Waals surface area contributed by atoms with E-state index in [0.29, 0.717) is 23.2 Å². The quantitative estimate of drug-likeness (QED) is 0.562. The predicted molar refractivity (Wildman–Crippen MR) is 124 cm³/mol. The molecular weight excluding hydrogens is 503 g/mol. The van der Waals surface area contributed by atoms with E-state index in [1.54, 1.807) is 0 Å². The third-order valence-electron chi connectivity index (χ3n) is 5.93. The molecule has 1 heterocycles. The highest BCUT2D eigenvalue weighted by Gasteiger charge is 2.35. The number of piperidine rings is 1. The van der Waals surface area contributed by atoms with Gasteiger partial charge in [-0.15, -0.1) is 0 Å². The minimum Gasteiger partial charge on any atom is -0.493 e. The van der Waals surface area contributed by atoms with Crippen LogP contribution in [-0.4, -0.2) is 59.0 Å². The van der Waals surface area contributed by atoms with Gasteiger partial charge < -0.3 is 20.1 Å². The average molecular weight is 530 g/mol. The zero-order valence-corrected chi connectivity index (χ0v) is 20.4. The fraction of sp³-hybridized carbons (Fsp3) is 0.391. The van der Waals surface area contributed by atoms with Crippen molar-refractivity contribution >= 4 is 27.5 Å². The van der Waals surface area contributed by atoms with Crippen LogP contribution < -0.4 is 19.5 Å². The summed E-state index contributed by atoms with van der Waals surface area (Å²) in [6, 6.07) is 7.44. The Bertz CT molecular complexity index is 1230. The van der Waals surface area contributed by atoms with Gasteiger partial charge in [0, 0.05) is 25.1 Å². The van der Waals surface area contributed by atoms with Gasteiger partial charge in [-0.3, -0.25) is 13.9 Å². The van der Waals surface area contributed by atoms with Crippen molar-refractivity contribution in [2.24, 2.45) is 11.7 Å². The Hall–Kier alpha value is -3.48. The number of primary amides is 1. The molecule has 0 spiro atoms. The van der Waals surface area contributed by atoms with Gasteiger partial charge in [0.05, 0.1) is 30.4 Å². The largest absolute Gasteiger partial charge is 0.493 e. The highest BCUT2D eigenvalue weighted by Crippen LogP contribution is 2.35. The van der Waals surface area contributed by atoms with Crippen LogP contribution in [0.3, 0.4) is 0 Å². The lowest BCUT2D eigenvalue weighted by molar-refractivity contribution is -0.137. The lowest BCUT2D eigenvalue weighted by Gasteiger charge is -2.33. The van der Waals surface area contributed by atoms with Crippen molar-refractivity contribution in [3.05, 3.63) is 48.0 Å². The number of sulfonamides is 1. The summed E-state index contributed by atoms with van der Waals surface area (Å²) in [5.74, 6) is -1.18. The molecule has 0 unspecified atom stereocenters. The van der Waals surface area contributed by atoms with E-state index in [2.05, 4.69) is 0 Å². The second kappa shape index (κ2) is 10.6. The number of anilines is 1. The third-order valence-corrected chi connectivity index (χ3v) is 7.70. The van der Waals surface area contributed by atoms with E-state index in [1.165, 1.54) is 37.3 Å². The highest BCUT2D eigenvalue weighted by molar-refractivity contribution is 7.92. The maximum Gasteiger partial charge on any atom is 0.416 e. The van der Waals surface area contributed by atoms with E-state index in [9.17, 15) is 31.2 Å². The lowest BCUT2D eigenvalue weighted by atomic mass is 9.96. The Morgan fingerprint density at radius 3 is 2.25 bits per heavy atom. The van der Waals surface area contributed by atoms with Gasteiger partial charge in [0.25, 0.3) is 10.0 Å². The zero-order valence-electron chi connectivity index (χ0n) is 19.6. The summed E-state index contributed by atoms with van der Waals surface area (Å²) in [5, 5.41) is 0. The molecule has 0 aromatic heterocycles. The van der Waals surface area contributed by atoms with Gasteiger partial charge in [-0.25, -0.2) is 8.42 Å². The van der Waals surface area contributed by atoms with Gasteiger partial charge >= 0.3 is 6.18 Å². The number of carbonyl (C=O) groups is 2. The molecule has 3 rings (SSSR count). The number of alkyl halides is 3. The van der Waals surface area contributed by atoms with Gasteiger partial charge in [0.1, 0.15) is 6.54 Å². The molecule has 1 aliphatic heterocycles. The number of nitrogens with two attached hydrogens (primary N) is 1. The smallest absolute Gasteiger partial charge is 0.416 e. The Kier molecular flexibility index (Phi) is 8.02. The molecule has 0 bridgehead atoms. The average Bonchev–Trinajstić information content (AvgIpc) is 2.86. The summed E-state index contributed by atoms with van der Waals surface area (Å²) in [5.41, 5.74) is 3.92. The van der Waals surface area contributed by atoms with Gasteiger partial charge in [0.2, 0.25) is 11.8 Å². The predicted octanol–water partition coefficient (Wildman–Crippen LogP) is 2.64. The first-order valence-corrected chi connectivity index (χ1v) is 12.3. The number of rotatable bonds is 8. The van der Waals surface area contributed by atoms with Crippen LogP contribution in [0.15, 0.2) is 47.4 Å². The number of benzene rings is 2. The van der Waals surface area contributed by atoms with Crippen LogP contribution in [0.1, 0.15) is 18.4 Å². The standard InChI is InChI=1S/C23H26F3N3O6S/c1-34-19-7-6-18(13-20(19)35-2)36(32,33)29(17-5-3-4-16(12-17)23(24,25)26)14-21(30)28-10-8-15(9-11-28)22(27)31/h3-7,12-13,15H,8-11,14H2,1-2H3,(H2,27,31). The van der Waals surface area contributed by atoms with Crippen molar-refractivity contribution in [2.45, 2.75) is 23.9 Å². The van der Waals surface area contributed by atoms with Crippen molar-refractivity contribution in [2.75, 3.05) is 38.2 Å². The Morgan fingerprint density at radius 1 is 1.06 bits per heavy atom. The van der Waals surface area contributed by atoms with Gasteiger partial charge in [-0.05, 0) is 43.2 Å². The fourth-order valence-electron chi connectivity index (χ4n) is 3.89. The number of methoxy groups -OCH3 is 2. The van der Waals surface area contributed by atoms with Crippen LogP contribution >= 0.6 is 0 Å². The molecule has 36 heavy (non-hydrogen) atoms. The van der Waals surface area contributed by atoms with Gasteiger partial charge in [-0.2, -0.15) is 13.2 Å².